The van der Waals surface area contributed by atoms with Crippen molar-refractivity contribution in [1.29, 1.82) is 0 Å². The lowest BCUT2D eigenvalue weighted by Gasteiger charge is -2.10. The summed E-state index contributed by atoms with van der Waals surface area (Å²) in [6.07, 6.45) is 0. The van der Waals surface area contributed by atoms with Crippen LogP contribution in [0.5, 0.6) is 5.75 Å². The van der Waals surface area contributed by atoms with Gasteiger partial charge in [-0.05, 0) is 50.2 Å². The minimum Gasteiger partial charge on any atom is -0.485 e. The van der Waals surface area contributed by atoms with Gasteiger partial charge in [-0.25, -0.2) is 0 Å². The Bertz CT molecular complexity index is 601. The number of hydrogen-bond acceptors (Lipinski definition) is 3. The molecule has 5 heteroatoms. The summed E-state index contributed by atoms with van der Waals surface area (Å²) in [5.41, 5.74) is 2.39. The van der Waals surface area contributed by atoms with E-state index in [0.29, 0.717) is 11.4 Å². The van der Waals surface area contributed by atoms with Crippen LogP contribution >= 0.6 is 12.2 Å². The van der Waals surface area contributed by atoms with Crippen molar-refractivity contribution >= 4 is 12.2 Å². The summed E-state index contributed by atoms with van der Waals surface area (Å²) >= 11 is 5.14. The highest BCUT2D eigenvalue weighted by Gasteiger charge is 2.07. The maximum absolute atomic E-state index is 5.81. The van der Waals surface area contributed by atoms with Crippen LogP contribution in [0.1, 0.15) is 23.9 Å². The molecular weight excluding hydrogens is 246 g/mol. The zero-order valence-electron chi connectivity index (χ0n) is 10.9. The van der Waals surface area contributed by atoms with Crippen LogP contribution in [0.25, 0.3) is 0 Å². The van der Waals surface area contributed by atoms with Gasteiger partial charge >= 0.3 is 0 Å². The Labute approximate surface area is 112 Å². The van der Waals surface area contributed by atoms with E-state index in [1.54, 1.807) is 0 Å². The number of H-pyrrole nitrogens is 1. The van der Waals surface area contributed by atoms with Crippen LogP contribution in [-0.2, 0) is 13.2 Å². The van der Waals surface area contributed by atoms with Crippen molar-refractivity contribution < 1.29 is 4.74 Å². The Morgan fingerprint density at radius 2 is 2.17 bits per heavy atom. The zero-order chi connectivity index (χ0) is 13.1. The number of aryl methyl sites for hydroxylation is 1. The lowest BCUT2D eigenvalue weighted by atomic mass is 10.1. The molecule has 0 saturated heterocycles. The highest BCUT2D eigenvalue weighted by atomic mass is 32.1. The van der Waals surface area contributed by atoms with E-state index in [1.807, 2.05) is 23.6 Å². The molecule has 1 N–H and O–H groups in total. The van der Waals surface area contributed by atoms with Gasteiger partial charge in [0.2, 0.25) is 0 Å². The molecule has 1 heterocycles. The first kappa shape index (κ1) is 12.8. The first-order valence-electron chi connectivity index (χ1n) is 5.96. The largest absolute Gasteiger partial charge is 0.485 e. The molecule has 0 radical (unpaired) electrons. The van der Waals surface area contributed by atoms with Gasteiger partial charge in [0, 0.05) is 6.54 Å². The van der Waals surface area contributed by atoms with E-state index < -0.39 is 0 Å². The van der Waals surface area contributed by atoms with Gasteiger partial charge in [-0.1, -0.05) is 12.1 Å². The van der Waals surface area contributed by atoms with Crippen molar-refractivity contribution in [2.24, 2.45) is 0 Å². The number of rotatable bonds is 4. The quantitative estimate of drug-likeness (QED) is 0.862. The summed E-state index contributed by atoms with van der Waals surface area (Å²) in [6, 6.07) is 6.04. The molecule has 18 heavy (non-hydrogen) atoms. The fourth-order valence-corrected chi connectivity index (χ4v) is 2.09. The molecule has 0 fully saturated rings. The van der Waals surface area contributed by atoms with Crippen LogP contribution in [-0.4, -0.2) is 14.8 Å². The van der Waals surface area contributed by atoms with Crippen LogP contribution in [0.3, 0.4) is 0 Å². The molecule has 0 aliphatic heterocycles. The molecule has 0 aliphatic carbocycles. The molecule has 0 atom stereocenters. The van der Waals surface area contributed by atoms with E-state index in [-0.39, 0.29) is 0 Å². The van der Waals surface area contributed by atoms with Gasteiger partial charge in [0.1, 0.15) is 12.4 Å². The molecule has 96 valence electrons. The van der Waals surface area contributed by atoms with E-state index in [9.17, 15) is 0 Å². The van der Waals surface area contributed by atoms with Crippen LogP contribution in [0.15, 0.2) is 18.2 Å². The van der Waals surface area contributed by atoms with E-state index in [2.05, 4.69) is 30.1 Å². The second-order valence-electron chi connectivity index (χ2n) is 4.18. The van der Waals surface area contributed by atoms with Crippen molar-refractivity contribution in [2.45, 2.75) is 33.9 Å². The molecule has 0 aliphatic rings. The summed E-state index contributed by atoms with van der Waals surface area (Å²) < 4.78 is 8.38. The van der Waals surface area contributed by atoms with Crippen molar-refractivity contribution in [1.82, 2.24) is 14.8 Å². The van der Waals surface area contributed by atoms with Crippen LogP contribution < -0.4 is 4.74 Å². The Morgan fingerprint density at radius 3 is 2.89 bits per heavy atom. The number of hydrogen-bond donors (Lipinski definition) is 1. The van der Waals surface area contributed by atoms with Gasteiger partial charge < -0.3 is 9.30 Å². The molecule has 2 aromatic rings. The predicted molar refractivity (Wildman–Crippen MR) is 73.3 cm³/mol. The fraction of sp³-hybridized carbons (Fsp3) is 0.385. The van der Waals surface area contributed by atoms with Gasteiger partial charge in [0.25, 0.3) is 0 Å². The van der Waals surface area contributed by atoms with Gasteiger partial charge in [-0.2, -0.15) is 5.10 Å². The van der Waals surface area contributed by atoms with Crippen molar-refractivity contribution in [3.05, 3.63) is 39.9 Å². The summed E-state index contributed by atoms with van der Waals surface area (Å²) in [5, 5.41) is 6.96. The highest BCUT2D eigenvalue weighted by Crippen LogP contribution is 2.21. The van der Waals surface area contributed by atoms with Gasteiger partial charge in [0.05, 0.1) is 0 Å². The average molecular weight is 263 g/mol. The number of aromatic nitrogens is 3. The number of nitrogens with one attached hydrogen (secondary N) is 1. The first-order valence-corrected chi connectivity index (χ1v) is 6.37. The van der Waals surface area contributed by atoms with Gasteiger partial charge in [-0.15, -0.1) is 0 Å². The molecule has 0 spiro atoms. The van der Waals surface area contributed by atoms with E-state index in [4.69, 9.17) is 17.0 Å². The normalized spacial score (nSPS) is 10.6. The molecule has 0 amide bonds. The molecule has 4 nitrogen and oxygen atoms in total. The summed E-state index contributed by atoms with van der Waals surface area (Å²) in [6.45, 7) is 7.38. The van der Waals surface area contributed by atoms with Crippen LogP contribution in [0, 0.1) is 18.6 Å². The average Bonchev–Trinajstić information content (AvgIpc) is 2.72. The maximum Gasteiger partial charge on any atom is 0.195 e. The second-order valence-corrected chi connectivity index (χ2v) is 4.56. The highest BCUT2D eigenvalue weighted by molar-refractivity contribution is 7.71. The monoisotopic (exact) mass is 263 g/mol. The predicted octanol–water partition coefficient (Wildman–Crippen LogP) is 3.16. The molecule has 1 aromatic heterocycles. The molecule has 0 bridgehead atoms. The number of nitrogens with zero attached hydrogens (tertiary/aromatic N) is 2. The molecule has 0 unspecified atom stereocenters. The zero-order valence-corrected chi connectivity index (χ0v) is 11.7. The number of ether oxygens (including phenoxy) is 1. The Kier molecular flexibility index (Phi) is 3.81. The Morgan fingerprint density at radius 1 is 1.39 bits per heavy atom. The third-order valence-corrected chi connectivity index (χ3v) is 3.38. The Hall–Kier alpha value is -1.62. The number of benzene rings is 1. The fourth-order valence-electron chi connectivity index (χ4n) is 1.81. The smallest absolute Gasteiger partial charge is 0.195 e. The first-order chi connectivity index (χ1) is 8.63. The standard InChI is InChI=1S/C13H17N3OS/c1-4-16-12(14-15-13(16)18)8-17-11-7-5-6-9(2)10(11)3/h5-7H,4,8H2,1-3H3,(H,15,18). The lowest BCUT2D eigenvalue weighted by Crippen LogP contribution is -2.06. The second kappa shape index (κ2) is 5.35. The van der Waals surface area contributed by atoms with Gasteiger partial charge in [-0.3, -0.25) is 5.10 Å². The van der Waals surface area contributed by atoms with Crippen molar-refractivity contribution in [3.63, 3.8) is 0 Å². The van der Waals surface area contributed by atoms with E-state index >= 15 is 0 Å². The molecule has 2 rings (SSSR count). The van der Waals surface area contributed by atoms with E-state index in [1.165, 1.54) is 5.56 Å². The lowest BCUT2D eigenvalue weighted by molar-refractivity contribution is 0.287. The van der Waals surface area contributed by atoms with Crippen molar-refractivity contribution in [3.8, 4) is 5.75 Å². The summed E-state index contributed by atoms with van der Waals surface area (Å²) in [7, 11) is 0. The van der Waals surface area contributed by atoms with Crippen LogP contribution in [0.2, 0.25) is 0 Å². The third kappa shape index (κ3) is 2.46. The minimum atomic E-state index is 0.422. The SMILES string of the molecule is CCn1c(COc2cccc(C)c2C)n[nH]c1=S. The van der Waals surface area contributed by atoms with Gasteiger partial charge in [0.15, 0.2) is 10.6 Å². The topological polar surface area (TPSA) is 42.8 Å². The number of aromatic amines is 1. The molecular formula is C13H17N3OS. The molecule has 1 aromatic carbocycles. The minimum absolute atomic E-state index is 0.422. The third-order valence-electron chi connectivity index (χ3n) is 3.07. The maximum atomic E-state index is 5.81. The molecule has 0 saturated carbocycles. The summed E-state index contributed by atoms with van der Waals surface area (Å²) in [5.74, 6) is 1.72. The van der Waals surface area contributed by atoms with Crippen LogP contribution in [0.4, 0.5) is 0 Å². The summed E-state index contributed by atoms with van der Waals surface area (Å²) in [4.78, 5) is 0. The van der Waals surface area contributed by atoms with E-state index in [0.717, 1.165) is 23.7 Å². The Balaban J connectivity index is 2.16. The van der Waals surface area contributed by atoms with Crippen molar-refractivity contribution in [2.75, 3.05) is 0 Å².